The van der Waals surface area contributed by atoms with Gasteiger partial charge in [-0.1, -0.05) is 6.07 Å². The number of nitrogens with zero attached hydrogens (tertiary/aromatic N) is 1. The van der Waals surface area contributed by atoms with Gasteiger partial charge in [-0.05, 0) is 43.0 Å². The van der Waals surface area contributed by atoms with Gasteiger partial charge in [0.25, 0.3) is 5.91 Å². The van der Waals surface area contributed by atoms with Crippen LogP contribution in [0.3, 0.4) is 0 Å². The molecule has 1 atom stereocenters. The topological polar surface area (TPSA) is 138 Å². The highest BCUT2D eigenvalue weighted by Crippen LogP contribution is 2.36. The fourth-order valence-electron chi connectivity index (χ4n) is 3.71. The molecule has 6 N–H and O–H groups in total. The smallest absolute Gasteiger partial charge is 0.387 e. The SMILES string of the molecule is NCNCC(NC(=O)c1nc(-c2ccc(OC(F)F)c(OCC3CC3)c2)oc1CN)c1ccc(F)cc1F. The summed E-state index contributed by atoms with van der Waals surface area (Å²) in [6.07, 6.45) is 1.98. The Balaban J connectivity index is 1.60. The molecule has 1 saturated carbocycles. The molecule has 38 heavy (non-hydrogen) atoms. The molecular formula is C25H27F4N5O4. The molecule has 1 aliphatic carbocycles. The van der Waals surface area contributed by atoms with Crippen molar-refractivity contribution >= 4 is 5.91 Å². The number of aromatic nitrogens is 1. The highest BCUT2D eigenvalue weighted by atomic mass is 19.3. The Labute approximate surface area is 215 Å². The van der Waals surface area contributed by atoms with Gasteiger partial charge < -0.3 is 36.0 Å². The van der Waals surface area contributed by atoms with Crippen molar-refractivity contribution < 1.29 is 36.2 Å². The van der Waals surface area contributed by atoms with Gasteiger partial charge in [0.15, 0.2) is 23.0 Å². The summed E-state index contributed by atoms with van der Waals surface area (Å²) in [6, 6.07) is 6.22. The van der Waals surface area contributed by atoms with Crippen molar-refractivity contribution in [2.75, 3.05) is 19.8 Å². The molecule has 9 nitrogen and oxygen atoms in total. The molecule has 1 aliphatic rings. The van der Waals surface area contributed by atoms with Crippen LogP contribution in [0.5, 0.6) is 11.5 Å². The van der Waals surface area contributed by atoms with Crippen molar-refractivity contribution in [3.63, 3.8) is 0 Å². The first-order valence-electron chi connectivity index (χ1n) is 11.9. The molecule has 1 unspecified atom stereocenters. The highest BCUT2D eigenvalue weighted by molar-refractivity contribution is 5.94. The lowest BCUT2D eigenvalue weighted by Crippen LogP contribution is -2.38. The second kappa shape index (κ2) is 12.2. The van der Waals surface area contributed by atoms with Crippen LogP contribution in [0.2, 0.25) is 0 Å². The van der Waals surface area contributed by atoms with Crippen LogP contribution < -0.4 is 31.6 Å². The van der Waals surface area contributed by atoms with E-state index in [0.29, 0.717) is 24.2 Å². The van der Waals surface area contributed by atoms with Crippen LogP contribution in [-0.4, -0.2) is 37.3 Å². The lowest BCUT2D eigenvalue weighted by molar-refractivity contribution is -0.0515. The number of nitrogens with one attached hydrogen (secondary N) is 2. The Morgan fingerprint density at radius 1 is 1.13 bits per heavy atom. The number of ether oxygens (including phenoxy) is 2. The zero-order valence-electron chi connectivity index (χ0n) is 20.2. The van der Waals surface area contributed by atoms with Crippen LogP contribution in [-0.2, 0) is 6.54 Å². The first kappa shape index (κ1) is 27.4. The number of hydrogen-bond acceptors (Lipinski definition) is 8. The van der Waals surface area contributed by atoms with Crippen molar-refractivity contribution in [3.05, 3.63) is 65.1 Å². The minimum absolute atomic E-state index is 0.0138. The monoisotopic (exact) mass is 537 g/mol. The molecule has 13 heteroatoms. The Kier molecular flexibility index (Phi) is 8.81. The van der Waals surface area contributed by atoms with Crippen molar-refractivity contribution in [1.29, 1.82) is 0 Å². The van der Waals surface area contributed by atoms with Crippen molar-refractivity contribution in [2.45, 2.75) is 32.0 Å². The molecule has 2 aromatic carbocycles. The van der Waals surface area contributed by atoms with Gasteiger partial charge in [-0.3, -0.25) is 4.79 Å². The molecule has 1 aromatic heterocycles. The van der Waals surface area contributed by atoms with E-state index in [1.807, 2.05) is 0 Å². The van der Waals surface area contributed by atoms with Crippen LogP contribution in [0.4, 0.5) is 17.6 Å². The Morgan fingerprint density at radius 3 is 2.58 bits per heavy atom. The quantitative estimate of drug-likeness (QED) is 0.192. The van der Waals surface area contributed by atoms with E-state index in [-0.39, 0.29) is 54.2 Å². The second-order valence-electron chi connectivity index (χ2n) is 8.64. The molecule has 0 bridgehead atoms. The summed E-state index contributed by atoms with van der Waals surface area (Å²) in [5, 5.41) is 5.45. The van der Waals surface area contributed by atoms with Gasteiger partial charge >= 0.3 is 6.61 Å². The van der Waals surface area contributed by atoms with E-state index >= 15 is 0 Å². The number of hydrogen-bond donors (Lipinski definition) is 4. The number of carbonyl (C=O) groups is 1. The molecule has 1 heterocycles. The summed E-state index contributed by atoms with van der Waals surface area (Å²) in [5.74, 6) is -2.03. The minimum atomic E-state index is -3.04. The highest BCUT2D eigenvalue weighted by Gasteiger charge is 2.26. The molecule has 204 valence electrons. The van der Waals surface area contributed by atoms with Crippen LogP contribution in [0.15, 0.2) is 40.8 Å². The first-order chi connectivity index (χ1) is 18.3. The zero-order valence-corrected chi connectivity index (χ0v) is 20.2. The third-order valence-electron chi connectivity index (χ3n) is 5.81. The summed E-state index contributed by atoms with van der Waals surface area (Å²) in [5.41, 5.74) is 11.5. The summed E-state index contributed by atoms with van der Waals surface area (Å²) >= 11 is 0. The number of oxazole rings is 1. The fourth-order valence-corrected chi connectivity index (χ4v) is 3.71. The van der Waals surface area contributed by atoms with Gasteiger partial charge in [0, 0.05) is 30.4 Å². The summed E-state index contributed by atoms with van der Waals surface area (Å²) < 4.78 is 69.5. The Morgan fingerprint density at radius 2 is 1.92 bits per heavy atom. The van der Waals surface area contributed by atoms with Gasteiger partial charge in [-0.2, -0.15) is 8.78 Å². The van der Waals surface area contributed by atoms with E-state index in [4.69, 9.17) is 20.6 Å². The molecule has 0 aliphatic heterocycles. The zero-order chi connectivity index (χ0) is 27.2. The van der Waals surface area contributed by atoms with Crippen molar-refractivity contribution in [3.8, 4) is 23.0 Å². The van der Waals surface area contributed by atoms with Crippen LogP contribution in [0, 0.1) is 17.6 Å². The summed E-state index contributed by atoms with van der Waals surface area (Å²) in [6.45, 7) is -2.80. The predicted octanol–water partition coefficient (Wildman–Crippen LogP) is 3.45. The lowest BCUT2D eigenvalue weighted by atomic mass is 10.1. The van der Waals surface area contributed by atoms with Crippen LogP contribution >= 0.6 is 0 Å². The number of carbonyl (C=O) groups excluding carboxylic acids is 1. The number of halogens is 4. The van der Waals surface area contributed by atoms with E-state index < -0.39 is 30.2 Å². The number of amides is 1. The van der Waals surface area contributed by atoms with Crippen LogP contribution in [0.1, 0.15) is 40.7 Å². The maximum Gasteiger partial charge on any atom is 0.387 e. The van der Waals surface area contributed by atoms with E-state index in [2.05, 4.69) is 20.4 Å². The molecule has 3 aromatic rings. The van der Waals surface area contributed by atoms with Crippen LogP contribution in [0.25, 0.3) is 11.5 Å². The molecule has 4 rings (SSSR count). The van der Waals surface area contributed by atoms with Gasteiger partial charge in [-0.25, -0.2) is 13.8 Å². The lowest BCUT2D eigenvalue weighted by Gasteiger charge is -2.20. The molecule has 1 fully saturated rings. The predicted molar refractivity (Wildman–Crippen MR) is 128 cm³/mol. The van der Waals surface area contributed by atoms with E-state index in [1.165, 1.54) is 24.3 Å². The van der Waals surface area contributed by atoms with Gasteiger partial charge in [-0.15, -0.1) is 0 Å². The average Bonchev–Trinajstić information content (AvgIpc) is 3.61. The molecule has 0 radical (unpaired) electrons. The maximum atomic E-state index is 14.4. The maximum absolute atomic E-state index is 14.4. The Bertz CT molecular complexity index is 1270. The van der Waals surface area contributed by atoms with Gasteiger partial charge in [0.1, 0.15) is 11.6 Å². The third kappa shape index (κ3) is 6.79. The standard InChI is InChI=1S/C25H27F4N5O4/c26-15-4-5-16(17(27)8-15)18(10-32-12-31)33-23(35)22-21(9-30)37-24(34-22)14-3-6-19(38-25(28)29)20(7-14)36-11-13-1-2-13/h3-8,13,18,25,32H,1-2,9-12,30-31H2,(H,33,35). The average molecular weight is 538 g/mol. The van der Waals surface area contributed by atoms with Crippen molar-refractivity contribution in [2.24, 2.45) is 17.4 Å². The fraction of sp³-hybridized carbons (Fsp3) is 0.360. The number of nitrogens with two attached hydrogens (primary N) is 2. The second-order valence-corrected chi connectivity index (χ2v) is 8.64. The van der Waals surface area contributed by atoms with E-state index in [9.17, 15) is 22.4 Å². The summed E-state index contributed by atoms with van der Waals surface area (Å²) in [4.78, 5) is 17.4. The summed E-state index contributed by atoms with van der Waals surface area (Å²) in [7, 11) is 0. The largest absolute Gasteiger partial charge is 0.489 e. The molecule has 0 spiro atoms. The molecule has 0 saturated heterocycles. The van der Waals surface area contributed by atoms with Crippen molar-refractivity contribution in [1.82, 2.24) is 15.6 Å². The normalized spacial score (nSPS) is 14.0. The number of benzene rings is 2. The first-order valence-corrected chi connectivity index (χ1v) is 11.9. The van der Waals surface area contributed by atoms with Gasteiger partial charge in [0.05, 0.1) is 19.2 Å². The van der Waals surface area contributed by atoms with E-state index in [1.54, 1.807) is 0 Å². The number of rotatable bonds is 13. The molecular weight excluding hydrogens is 510 g/mol. The van der Waals surface area contributed by atoms with E-state index in [0.717, 1.165) is 18.9 Å². The number of alkyl halides is 2. The minimum Gasteiger partial charge on any atom is -0.489 e. The third-order valence-corrected chi connectivity index (χ3v) is 5.81. The Hall–Kier alpha value is -3.68. The molecule has 1 amide bonds. The van der Waals surface area contributed by atoms with Gasteiger partial charge in [0.2, 0.25) is 5.89 Å².